The third-order valence-electron chi connectivity index (χ3n) is 5.44. The highest BCUT2D eigenvalue weighted by molar-refractivity contribution is 7.92. The fourth-order valence-electron chi connectivity index (χ4n) is 3.71. The van der Waals surface area contributed by atoms with Crippen LogP contribution < -0.4 is 4.90 Å². The molecule has 0 saturated carbocycles. The highest BCUT2D eigenvalue weighted by Gasteiger charge is 2.35. The van der Waals surface area contributed by atoms with Gasteiger partial charge < -0.3 is 9.80 Å². The molecule has 0 aliphatic carbocycles. The molecule has 0 N–H and O–H groups in total. The van der Waals surface area contributed by atoms with E-state index in [1.165, 1.54) is 12.1 Å². The Morgan fingerprint density at radius 1 is 0.967 bits per heavy atom. The van der Waals surface area contributed by atoms with Crippen LogP contribution in [0.3, 0.4) is 0 Å². The first-order valence-electron chi connectivity index (χ1n) is 9.97. The highest BCUT2D eigenvalue weighted by atomic mass is 32.2. The number of aromatic nitrogens is 2. The van der Waals surface area contributed by atoms with Crippen LogP contribution in [0, 0.1) is 11.3 Å². The molecule has 1 fully saturated rings. The number of hydrogen-bond acceptors (Lipinski definition) is 7. The maximum Gasteiger partial charge on any atom is 0.200 e. The van der Waals surface area contributed by atoms with Gasteiger partial charge in [-0.1, -0.05) is 37.3 Å². The zero-order valence-corrected chi connectivity index (χ0v) is 17.6. The van der Waals surface area contributed by atoms with Gasteiger partial charge in [0.1, 0.15) is 5.69 Å². The van der Waals surface area contributed by atoms with E-state index in [4.69, 9.17) is 4.98 Å². The molecule has 1 aliphatic heterocycles. The predicted octanol–water partition coefficient (Wildman–Crippen LogP) is 2.81. The zero-order chi connectivity index (χ0) is 21.1. The maximum atomic E-state index is 13.3. The normalized spacial score (nSPS) is 16.3. The number of hydrogen-bond donors (Lipinski definition) is 0. The maximum absolute atomic E-state index is 13.3. The number of likely N-dealkylation sites (N-methyl/N-ethyl adjacent to an activating group) is 1. The molecule has 3 aromatic rings. The molecule has 1 aliphatic rings. The summed E-state index contributed by atoms with van der Waals surface area (Å²) >= 11 is 0. The second kappa shape index (κ2) is 8.38. The summed E-state index contributed by atoms with van der Waals surface area (Å²) in [7, 11) is -3.95. The molecule has 2 heterocycles. The first-order chi connectivity index (χ1) is 14.5. The Balaban J connectivity index is 1.85. The molecule has 0 unspecified atom stereocenters. The molecule has 0 spiro atoms. The topological polar surface area (TPSA) is 90.2 Å². The first-order valence-corrected chi connectivity index (χ1v) is 11.5. The van der Waals surface area contributed by atoms with Crippen molar-refractivity contribution in [2.45, 2.75) is 17.1 Å². The number of fused-ring (bicyclic) bond motifs is 1. The molecule has 30 heavy (non-hydrogen) atoms. The summed E-state index contributed by atoms with van der Waals surface area (Å²) in [4.78, 5) is 13.9. The van der Waals surface area contributed by atoms with Crippen molar-refractivity contribution in [1.82, 2.24) is 14.9 Å². The van der Waals surface area contributed by atoms with Crippen LogP contribution in [-0.2, 0) is 9.84 Å². The lowest BCUT2D eigenvalue weighted by Crippen LogP contribution is -2.47. The number of benzene rings is 2. The second-order valence-electron chi connectivity index (χ2n) is 7.21. The van der Waals surface area contributed by atoms with Crippen molar-refractivity contribution in [3.8, 4) is 6.07 Å². The van der Waals surface area contributed by atoms with Crippen molar-refractivity contribution < 1.29 is 8.42 Å². The molecule has 1 atom stereocenters. The van der Waals surface area contributed by atoms with Gasteiger partial charge in [-0.05, 0) is 30.8 Å². The fourth-order valence-corrected chi connectivity index (χ4v) is 5.11. The van der Waals surface area contributed by atoms with Crippen LogP contribution in [0.15, 0.2) is 59.5 Å². The van der Waals surface area contributed by atoms with Crippen molar-refractivity contribution in [3.63, 3.8) is 0 Å². The number of anilines is 1. The average Bonchev–Trinajstić information content (AvgIpc) is 2.79. The lowest BCUT2D eigenvalue weighted by atomic mass is 10.2. The molecule has 2 aromatic carbocycles. The second-order valence-corrected chi connectivity index (χ2v) is 9.24. The molecular formula is C22H23N5O2S. The van der Waals surface area contributed by atoms with Gasteiger partial charge in [-0.2, -0.15) is 5.26 Å². The molecule has 1 saturated heterocycles. The predicted molar refractivity (Wildman–Crippen MR) is 116 cm³/mol. The van der Waals surface area contributed by atoms with Crippen LogP contribution in [-0.4, -0.2) is 56.0 Å². The van der Waals surface area contributed by atoms with Crippen LogP contribution in [0.1, 0.15) is 17.9 Å². The lowest BCUT2D eigenvalue weighted by Gasteiger charge is -2.35. The molecule has 8 heteroatoms. The average molecular weight is 422 g/mol. The van der Waals surface area contributed by atoms with Crippen molar-refractivity contribution >= 4 is 26.7 Å². The van der Waals surface area contributed by atoms with Gasteiger partial charge in [-0.15, -0.1) is 0 Å². The number of nitriles is 1. The number of nitrogens with zero attached hydrogens (tertiary/aromatic N) is 5. The van der Waals surface area contributed by atoms with Crippen molar-refractivity contribution in [2.75, 3.05) is 37.6 Å². The molecule has 0 bridgehead atoms. The minimum atomic E-state index is -3.95. The SMILES string of the molecule is CCN1CCN(c2nc3ccccc3nc2[C@@H](C#N)S(=O)(=O)c2ccccc2)CC1. The molecule has 4 rings (SSSR count). The van der Waals surface area contributed by atoms with Crippen molar-refractivity contribution in [3.05, 3.63) is 60.3 Å². The van der Waals surface area contributed by atoms with E-state index >= 15 is 0 Å². The Morgan fingerprint density at radius 3 is 2.17 bits per heavy atom. The Labute approximate surface area is 176 Å². The van der Waals surface area contributed by atoms with E-state index < -0.39 is 15.1 Å². The van der Waals surface area contributed by atoms with Gasteiger partial charge in [0, 0.05) is 26.2 Å². The summed E-state index contributed by atoms with van der Waals surface area (Å²) in [5.74, 6) is 0.482. The minimum absolute atomic E-state index is 0.105. The van der Waals surface area contributed by atoms with Crippen LogP contribution >= 0.6 is 0 Å². The fraction of sp³-hybridized carbons (Fsp3) is 0.318. The summed E-state index contributed by atoms with van der Waals surface area (Å²) in [6.07, 6.45) is 0. The van der Waals surface area contributed by atoms with E-state index in [0.29, 0.717) is 29.9 Å². The zero-order valence-electron chi connectivity index (χ0n) is 16.8. The van der Waals surface area contributed by atoms with E-state index in [2.05, 4.69) is 16.8 Å². The first kappa shape index (κ1) is 20.3. The van der Waals surface area contributed by atoms with Crippen LogP contribution in [0.4, 0.5) is 5.82 Å². The van der Waals surface area contributed by atoms with E-state index in [9.17, 15) is 13.7 Å². The summed E-state index contributed by atoms with van der Waals surface area (Å²) < 4.78 is 26.6. The molecule has 7 nitrogen and oxygen atoms in total. The van der Waals surface area contributed by atoms with E-state index in [-0.39, 0.29) is 10.6 Å². The Bertz CT molecular complexity index is 1180. The number of piperazine rings is 1. The third kappa shape index (κ3) is 3.74. The van der Waals surface area contributed by atoms with Crippen LogP contribution in [0.5, 0.6) is 0 Å². The molecule has 0 amide bonds. The van der Waals surface area contributed by atoms with Gasteiger partial charge >= 0.3 is 0 Å². The molecule has 0 radical (unpaired) electrons. The largest absolute Gasteiger partial charge is 0.352 e. The summed E-state index contributed by atoms with van der Waals surface area (Å²) in [5.41, 5.74) is 1.46. The quantitative estimate of drug-likeness (QED) is 0.626. The van der Waals surface area contributed by atoms with Crippen molar-refractivity contribution in [1.29, 1.82) is 5.26 Å². The summed E-state index contributed by atoms with van der Waals surface area (Å²) in [6, 6.07) is 17.4. The molecular weight excluding hydrogens is 398 g/mol. The lowest BCUT2D eigenvalue weighted by molar-refractivity contribution is 0.270. The van der Waals surface area contributed by atoms with Gasteiger partial charge in [0.05, 0.1) is 22.0 Å². The van der Waals surface area contributed by atoms with Gasteiger partial charge in [-0.3, -0.25) is 0 Å². The Kier molecular flexibility index (Phi) is 5.66. The minimum Gasteiger partial charge on any atom is -0.352 e. The summed E-state index contributed by atoms with van der Waals surface area (Å²) in [6.45, 7) is 6.21. The van der Waals surface area contributed by atoms with E-state index in [1.807, 2.05) is 29.2 Å². The standard InChI is InChI=1S/C22H23N5O2S/c1-2-26-12-14-27(15-13-26)22-21(24-18-10-6-7-11-19(18)25-22)20(16-23)30(28,29)17-8-4-3-5-9-17/h3-11,20H,2,12-15H2,1H3/t20-/m1/s1. The number of rotatable bonds is 5. The van der Waals surface area contributed by atoms with E-state index in [0.717, 1.165) is 19.6 Å². The van der Waals surface area contributed by atoms with Gasteiger partial charge in [-0.25, -0.2) is 18.4 Å². The molecule has 154 valence electrons. The van der Waals surface area contributed by atoms with Gasteiger partial charge in [0.15, 0.2) is 11.1 Å². The highest BCUT2D eigenvalue weighted by Crippen LogP contribution is 2.34. The number of para-hydroxylation sites is 2. The number of sulfone groups is 1. The summed E-state index contributed by atoms with van der Waals surface area (Å²) in [5, 5.41) is 8.49. The molecule has 1 aromatic heterocycles. The van der Waals surface area contributed by atoms with Gasteiger partial charge in [0.2, 0.25) is 9.84 Å². The smallest absolute Gasteiger partial charge is 0.200 e. The van der Waals surface area contributed by atoms with Crippen LogP contribution in [0.2, 0.25) is 0 Å². The van der Waals surface area contributed by atoms with Gasteiger partial charge in [0.25, 0.3) is 0 Å². The van der Waals surface area contributed by atoms with Crippen molar-refractivity contribution in [2.24, 2.45) is 0 Å². The monoisotopic (exact) mass is 421 g/mol. The Hall–Kier alpha value is -3.02. The Morgan fingerprint density at radius 2 is 1.57 bits per heavy atom. The third-order valence-corrected chi connectivity index (χ3v) is 7.32. The van der Waals surface area contributed by atoms with E-state index in [1.54, 1.807) is 24.3 Å². The van der Waals surface area contributed by atoms with Crippen LogP contribution in [0.25, 0.3) is 11.0 Å².